The van der Waals surface area contributed by atoms with E-state index in [4.69, 9.17) is 26.8 Å². The maximum absolute atomic E-state index is 13.1. The number of rotatable bonds is 7. The van der Waals surface area contributed by atoms with Gasteiger partial charge in [-0.15, -0.1) is 0 Å². The van der Waals surface area contributed by atoms with Crippen LogP contribution in [0.3, 0.4) is 0 Å². The Bertz CT molecular complexity index is 361. The normalized spacial score (nSPS) is 10.5. The van der Waals surface area contributed by atoms with Crippen LogP contribution < -0.4 is 10.5 Å². The topological polar surface area (TPSA) is 44.5 Å². The van der Waals surface area contributed by atoms with Crippen molar-refractivity contribution >= 4 is 17.3 Å². The van der Waals surface area contributed by atoms with E-state index in [1.165, 1.54) is 12.1 Å². The molecular weight excluding hydrogens is 245 g/mol. The zero-order valence-electron chi connectivity index (χ0n) is 9.84. The Balaban J connectivity index is 2.34. The highest BCUT2D eigenvalue weighted by atomic mass is 35.5. The van der Waals surface area contributed by atoms with Gasteiger partial charge in [0.15, 0.2) is 0 Å². The van der Waals surface area contributed by atoms with Crippen molar-refractivity contribution in [3.05, 3.63) is 23.0 Å². The van der Waals surface area contributed by atoms with E-state index < -0.39 is 5.82 Å². The fourth-order valence-electron chi connectivity index (χ4n) is 1.23. The van der Waals surface area contributed by atoms with Gasteiger partial charge in [0.05, 0.1) is 17.3 Å². The van der Waals surface area contributed by atoms with Crippen LogP contribution in [0.1, 0.15) is 19.8 Å². The quantitative estimate of drug-likeness (QED) is 0.605. The molecule has 1 aromatic carbocycles. The predicted molar refractivity (Wildman–Crippen MR) is 67.0 cm³/mol. The Morgan fingerprint density at radius 2 is 2.06 bits per heavy atom. The lowest BCUT2D eigenvalue weighted by atomic mass is 10.3. The van der Waals surface area contributed by atoms with E-state index in [-0.39, 0.29) is 5.02 Å². The first-order valence-corrected chi connectivity index (χ1v) is 5.98. The molecule has 0 amide bonds. The summed E-state index contributed by atoms with van der Waals surface area (Å²) in [6.45, 7) is 3.61. The molecule has 0 radical (unpaired) electrons. The summed E-state index contributed by atoms with van der Waals surface area (Å²) < 4.78 is 23.7. The number of hydrogen-bond donors (Lipinski definition) is 1. The maximum atomic E-state index is 13.1. The molecule has 1 aromatic rings. The average molecular weight is 262 g/mol. The van der Waals surface area contributed by atoms with Crippen molar-refractivity contribution < 1.29 is 13.9 Å². The third-order valence-electron chi connectivity index (χ3n) is 2.18. The third kappa shape index (κ3) is 4.79. The van der Waals surface area contributed by atoms with E-state index in [0.717, 1.165) is 12.8 Å². The lowest BCUT2D eigenvalue weighted by Gasteiger charge is -2.10. The number of hydrogen-bond acceptors (Lipinski definition) is 3. The Morgan fingerprint density at radius 3 is 2.76 bits per heavy atom. The van der Waals surface area contributed by atoms with Gasteiger partial charge in [-0.1, -0.05) is 24.9 Å². The second-order valence-electron chi connectivity index (χ2n) is 3.62. The summed E-state index contributed by atoms with van der Waals surface area (Å²) in [7, 11) is 0. The second kappa shape index (κ2) is 7.35. The van der Waals surface area contributed by atoms with Crippen LogP contribution in [0, 0.1) is 5.82 Å². The van der Waals surface area contributed by atoms with Gasteiger partial charge in [0.2, 0.25) is 0 Å². The monoisotopic (exact) mass is 261 g/mol. The summed E-state index contributed by atoms with van der Waals surface area (Å²) in [5.41, 5.74) is 5.96. The molecule has 0 aromatic heterocycles. The summed E-state index contributed by atoms with van der Waals surface area (Å²) >= 11 is 5.57. The van der Waals surface area contributed by atoms with Gasteiger partial charge in [-0.2, -0.15) is 0 Å². The highest BCUT2D eigenvalue weighted by Gasteiger charge is 2.07. The van der Waals surface area contributed by atoms with Gasteiger partial charge in [0, 0.05) is 12.7 Å². The summed E-state index contributed by atoms with van der Waals surface area (Å²) in [5, 5.41) is -0.00551. The lowest BCUT2D eigenvalue weighted by Crippen LogP contribution is -2.08. The fourth-order valence-corrected chi connectivity index (χ4v) is 1.40. The molecular formula is C12H17ClFNO2. The Hall–Kier alpha value is -1.00. The van der Waals surface area contributed by atoms with Crippen molar-refractivity contribution in [2.45, 2.75) is 19.8 Å². The largest absolute Gasteiger partial charge is 0.489 e. The standard InChI is InChI=1S/C12H17ClFNO2/c1-2-3-4-16-5-6-17-12-8-10(14)9(13)7-11(12)15/h7-8H,2-6,15H2,1H3. The van der Waals surface area contributed by atoms with Crippen molar-refractivity contribution in [1.82, 2.24) is 0 Å². The van der Waals surface area contributed by atoms with E-state index >= 15 is 0 Å². The average Bonchev–Trinajstić information content (AvgIpc) is 2.30. The number of nitrogen functional groups attached to an aromatic ring is 1. The van der Waals surface area contributed by atoms with Crippen molar-refractivity contribution in [2.75, 3.05) is 25.6 Å². The SMILES string of the molecule is CCCCOCCOc1cc(F)c(Cl)cc1N. The van der Waals surface area contributed by atoms with Gasteiger partial charge in [-0.3, -0.25) is 0 Å². The fraction of sp³-hybridized carbons (Fsp3) is 0.500. The molecule has 0 heterocycles. The van der Waals surface area contributed by atoms with E-state index in [1.54, 1.807) is 0 Å². The van der Waals surface area contributed by atoms with Crippen LogP contribution in [-0.4, -0.2) is 19.8 Å². The molecule has 3 nitrogen and oxygen atoms in total. The van der Waals surface area contributed by atoms with Gasteiger partial charge in [-0.05, 0) is 12.5 Å². The van der Waals surface area contributed by atoms with Gasteiger partial charge < -0.3 is 15.2 Å². The smallest absolute Gasteiger partial charge is 0.145 e. The molecule has 1 rings (SSSR count). The zero-order valence-corrected chi connectivity index (χ0v) is 10.6. The first-order chi connectivity index (χ1) is 8.15. The minimum Gasteiger partial charge on any atom is -0.489 e. The molecule has 17 heavy (non-hydrogen) atoms. The van der Waals surface area contributed by atoms with E-state index in [0.29, 0.717) is 31.3 Å². The molecule has 2 N–H and O–H groups in total. The van der Waals surface area contributed by atoms with Crippen molar-refractivity contribution in [2.24, 2.45) is 0 Å². The minimum atomic E-state index is -0.539. The lowest BCUT2D eigenvalue weighted by molar-refractivity contribution is 0.0982. The number of halogens is 2. The Kier molecular flexibility index (Phi) is 6.08. The molecule has 0 aliphatic carbocycles. The number of ether oxygens (including phenoxy) is 2. The van der Waals surface area contributed by atoms with Crippen LogP contribution in [0.5, 0.6) is 5.75 Å². The summed E-state index contributed by atoms with van der Waals surface area (Å²) in [6.07, 6.45) is 2.12. The summed E-state index contributed by atoms with van der Waals surface area (Å²) in [5.74, 6) is -0.242. The summed E-state index contributed by atoms with van der Waals surface area (Å²) in [4.78, 5) is 0. The molecule has 0 saturated carbocycles. The van der Waals surface area contributed by atoms with Crippen molar-refractivity contribution in [1.29, 1.82) is 0 Å². The molecule has 0 aliphatic rings. The molecule has 5 heteroatoms. The van der Waals surface area contributed by atoms with Crippen LogP contribution in [0.25, 0.3) is 0 Å². The molecule has 0 spiro atoms. The third-order valence-corrected chi connectivity index (χ3v) is 2.47. The van der Waals surface area contributed by atoms with Crippen LogP contribution >= 0.6 is 11.6 Å². The highest BCUT2D eigenvalue weighted by molar-refractivity contribution is 6.31. The molecule has 0 aliphatic heterocycles. The molecule has 0 bridgehead atoms. The first kappa shape index (κ1) is 14.1. The molecule has 96 valence electrons. The van der Waals surface area contributed by atoms with Gasteiger partial charge in [0.25, 0.3) is 0 Å². The van der Waals surface area contributed by atoms with Crippen LogP contribution in [0.4, 0.5) is 10.1 Å². The van der Waals surface area contributed by atoms with Gasteiger partial charge in [-0.25, -0.2) is 4.39 Å². The van der Waals surface area contributed by atoms with E-state index in [1.807, 2.05) is 0 Å². The van der Waals surface area contributed by atoms with Gasteiger partial charge >= 0.3 is 0 Å². The number of benzene rings is 1. The van der Waals surface area contributed by atoms with Crippen molar-refractivity contribution in [3.63, 3.8) is 0 Å². The maximum Gasteiger partial charge on any atom is 0.145 e. The van der Waals surface area contributed by atoms with E-state index in [9.17, 15) is 4.39 Å². The van der Waals surface area contributed by atoms with E-state index in [2.05, 4.69) is 6.92 Å². The van der Waals surface area contributed by atoms with Crippen LogP contribution in [-0.2, 0) is 4.74 Å². The van der Waals surface area contributed by atoms with Crippen molar-refractivity contribution in [3.8, 4) is 5.75 Å². The molecule has 0 saturated heterocycles. The first-order valence-electron chi connectivity index (χ1n) is 5.60. The van der Waals surface area contributed by atoms with Crippen LogP contribution in [0.15, 0.2) is 12.1 Å². The molecule has 0 fully saturated rings. The minimum absolute atomic E-state index is 0.00551. The summed E-state index contributed by atoms with van der Waals surface area (Å²) in [6, 6.07) is 2.52. The second-order valence-corrected chi connectivity index (χ2v) is 4.03. The van der Waals surface area contributed by atoms with Gasteiger partial charge in [0.1, 0.15) is 18.2 Å². The Labute approximate surface area is 106 Å². The molecule has 0 unspecified atom stereocenters. The highest BCUT2D eigenvalue weighted by Crippen LogP contribution is 2.27. The predicted octanol–water partition coefficient (Wildman–Crippen LogP) is 3.26. The number of nitrogens with two attached hydrogens (primary N) is 1. The molecule has 0 atom stereocenters. The van der Waals surface area contributed by atoms with Crippen LogP contribution in [0.2, 0.25) is 5.02 Å². The Morgan fingerprint density at radius 1 is 1.29 bits per heavy atom. The number of anilines is 1. The zero-order chi connectivity index (χ0) is 12.7. The number of unbranched alkanes of at least 4 members (excludes halogenated alkanes) is 1.